The molecule has 2 aromatic carbocycles. The van der Waals surface area contributed by atoms with E-state index in [9.17, 15) is 10.0 Å². The lowest BCUT2D eigenvalue weighted by molar-refractivity contribution is 0.298. The molecule has 0 amide bonds. The number of benzene rings is 2. The highest BCUT2D eigenvalue weighted by molar-refractivity contribution is 6.35. The number of hydrogen-bond acceptors (Lipinski definition) is 4. The number of ether oxygens (including phenoxy) is 1. The van der Waals surface area contributed by atoms with Gasteiger partial charge < -0.3 is 14.4 Å². The summed E-state index contributed by atoms with van der Waals surface area (Å²) < 4.78 is 7.20. The average molecular weight is 365 g/mol. The Morgan fingerprint density at radius 2 is 1.83 bits per heavy atom. The molecule has 0 fully saturated rings. The summed E-state index contributed by atoms with van der Waals surface area (Å²) in [5.74, 6) is 0.417. The maximum atomic E-state index is 11.0. The third-order valence-electron chi connectivity index (χ3n) is 3.69. The predicted octanol–water partition coefficient (Wildman–Crippen LogP) is 5.52. The number of nitrogens with zero attached hydrogens (tertiary/aromatic N) is 2. The van der Waals surface area contributed by atoms with Gasteiger partial charge in [0.15, 0.2) is 5.69 Å². The molecule has 124 valence electrons. The van der Waals surface area contributed by atoms with E-state index in [1.807, 2.05) is 12.1 Å². The first-order valence-corrected chi connectivity index (χ1v) is 8.09. The molecule has 0 saturated carbocycles. The van der Waals surface area contributed by atoms with E-state index in [1.54, 1.807) is 34.9 Å². The molecule has 7 heteroatoms. The van der Waals surface area contributed by atoms with E-state index in [4.69, 9.17) is 27.9 Å². The lowest BCUT2D eigenvalue weighted by Gasteiger charge is -2.10. The first kappa shape index (κ1) is 16.6. The molecule has 3 rings (SSSR count). The number of para-hydroxylation sites is 2. The van der Waals surface area contributed by atoms with Crippen molar-refractivity contribution in [2.75, 3.05) is 6.61 Å². The number of hydrogen-bond donors (Lipinski definition) is 1. The van der Waals surface area contributed by atoms with Gasteiger partial charge in [-0.15, -0.1) is 4.91 Å². The number of halogens is 2. The van der Waals surface area contributed by atoms with Gasteiger partial charge in [0.1, 0.15) is 5.75 Å². The van der Waals surface area contributed by atoms with E-state index in [2.05, 4.69) is 5.18 Å². The van der Waals surface area contributed by atoms with Crippen LogP contribution in [-0.4, -0.2) is 16.3 Å². The van der Waals surface area contributed by atoms with Gasteiger partial charge in [-0.3, -0.25) is 0 Å². The molecule has 0 aliphatic heterocycles. The van der Waals surface area contributed by atoms with Crippen LogP contribution in [0, 0.1) is 4.91 Å². The predicted molar refractivity (Wildman–Crippen MR) is 95.6 cm³/mol. The summed E-state index contributed by atoms with van der Waals surface area (Å²) in [6.07, 6.45) is 0.589. The summed E-state index contributed by atoms with van der Waals surface area (Å²) in [7, 11) is 0. The Morgan fingerprint density at radius 3 is 2.58 bits per heavy atom. The highest BCUT2D eigenvalue weighted by Gasteiger charge is 2.19. The molecule has 24 heavy (non-hydrogen) atoms. The van der Waals surface area contributed by atoms with Crippen LogP contribution in [0.15, 0.2) is 47.6 Å². The van der Waals surface area contributed by atoms with Crippen LogP contribution < -0.4 is 4.74 Å². The van der Waals surface area contributed by atoms with Gasteiger partial charge in [0.2, 0.25) is 5.88 Å². The van der Waals surface area contributed by atoms with Crippen molar-refractivity contribution in [2.45, 2.75) is 13.0 Å². The molecule has 0 unspecified atom stereocenters. The van der Waals surface area contributed by atoms with Crippen LogP contribution in [0.2, 0.25) is 10.0 Å². The zero-order valence-electron chi connectivity index (χ0n) is 12.6. The minimum atomic E-state index is -0.189. The maximum Gasteiger partial charge on any atom is 0.222 e. The molecular formula is C17H14Cl2N2O3. The molecule has 3 aromatic rings. The largest absolute Gasteiger partial charge is 0.493 e. The third-order valence-corrected chi connectivity index (χ3v) is 4.31. The molecule has 1 N–H and O–H groups in total. The lowest BCUT2D eigenvalue weighted by atomic mass is 10.2. The number of fused-ring (bicyclic) bond motifs is 1. The van der Waals surface area contributed by atoms with Crippen molar-refractivity contribution >= 4 is 39.8 Å². The average Bonchev–Trinajstić information content (AvgIpc) is 2.85. The van der Waals surface area contributed by atoms with E-state index in [0.29, 0.717) is 46.3 Å². The van der Waals surface area contributed by atoms with Gasteiger partial charge in [-0.05, 0) is 29.8 Å². The Kier molecular flexibility index (Phi) is 4.92. The molecule has 0 bridgehead atoms. The summed E-state index contributed by atoms with van der Waals surface area (Å²) in [4.78, 5) is 11.0. The fourth-order valence-electron chi connectivity index (χ4n) is 2.61. The van der Waals surface area contributed by atoms with Crippen molar-refractivity contribution in [1.29, 1.82) is 0 Å². The Bertz CT molecular complexity index is 893. The third kappa shape index (κ3) is 3.05. The highest BCUT2D eigenvalue weighted by atomic mass is 35.5. The minimum Gasteiger partial charge on any atom is -0.493 e. The van der Waals surface area contributed by atoms with Crippen LogP contribution in [0.25, 0.3) is 10.9 Å². The van der Waals surface area contributed by atoms with Crippen molar-refractivity contribution in [3.05, 3.63) is 57.4 Å². The van der Waals surface area contributed by atoms with Gasteiger partial charge in [-0.25, -0.2) is 0 Å². The van der Waals surface area contributed by atoms with Crippen LogP contribution in [0.4, 0.5) is 5.69 Å². The van der Waals surface area contributed by atoms with Gasteiger partial charge in [0, 0.05) is 11.9 Å². The molecule has 1 heterocycles. The Labute approximate surface area is 148 Å². The van der Waals surface area contributed by atoms with E-state index < -0.39 is 0 Å². The second-order valence-corrected chi connectivity index (χ2v) is 6.00. The molecule has 0 radical (unpaired) electrons. The monoisotopic (exact) mass is 364 g/mol. The Hall–Kier alpha value is -2.24. The zero-order chi connectivity index (χ0) is 17.1. The molecule has 0 saturated heterocycles. The van der Waals surface area contributed by atoms with Gasteiger partial charge in [0.25, 0.3) is 0 Å². The fraction of sp³-hybridized carbons (Fsp3) is 0.176. The standard InChI is InChI=1S/C17H14Cl2N2O3/c18-12-6-1-2-8-14(12)24-10-4-9-21-16-11(5-3-7-13(16)19)15(20-23)17(21)22/h1-3,5-8,22H,4,9-10H2. The quantitative estimate of drug-likeness (QED) is 0.462. The molecule has 5 nitrogen and oxygen atoms in total. The second kappa shape index (κ2) is 7.11. The second-order valence-electron chi connectivity index (χ2n) is 5.18. The van der Waals surface area contributed by atoms with Crippen molar-refractivity contribution in [3.8, 4) is 11.6 Å². The van der Waals surface area contributed by atoms with Gasteiger partial charge in [-0.2, -0.15) is 0 Å². The molecular weight excluding hydrogens is 351 g/mol. The number of aromatic hydroxyl groups is 1. The van der Waals surface area contributed by atoms with Crippen LogP contribution in [-0.2, 0) is 6.54 Å². The van der Waals surface area contributed by atoms with Crippen LogP contribution in [0.1, 0.15) is 6.42 Å². The number of rotatable bonds is 6. The molecule has 0 aliphatic carbocycles. The van der Waals surface area contributed by atoms with Crippen molar-refractivity contribution < 1.29 is 9.84 Å². The molecule has 0 atom stereocenters. The van der Waals surface area contributed by atoms with Crippen LogP contribution in [0.3, 0.4) is 0 Å². The fourth-order valence-corrected chi connectivity index (χ4v) is 3.08. The normalized spacial score (nSPS) is 10.9. The number of aryl methyl sites for hydroxylation is 1. The Morgan fingerprint density at radius 1 is 1.08 bits per heavy atom. The molecule has 1 aromatic heterocycles. The van der Waals surface area contributed by atoms with Crippen molar-refractivity contribution in [1.82, 2.24) is 4.57 Å². The van der Waals surface area contributed by atoms with E-state index in [-0.39, 0.29) is 11.6 Å². The van der Waals surface area contributed by atoms with Crippen molar-refractivity contribution in [2.24, 2.45) is 5.18 Å². The van der Waals surface area contributed by atoms with Crippen LogP contribution in [0.5, 0.6) is 11.6 Å². The van der Waals surface area contributed by atoms with Crippen molar-refractivity contribution in [3.63, 3.8) is 0 Å². The van der Waals surface area contributed by atoms with E-state index in [0.717, 1.165) is 0 Å². The van der Waals surface area contributed by atoms with Gasteiger partial charge >= 0.3 is 0 Å². The number of aromatic nitrogens is 1. The van der Waals surface area contributed by atoms with E-state index in [1.165, 1.54) is 0 Å². The maximum absolute atomic E-state index is 11.0. The first-order chi connectivity index (χ1) is 11.6. The van der Waals surface area contributed by atoms with Gasteiger partial charge in [0.05, 0.1) is 22.2 Å². The topological polar surface area (TPSA) is 63.8 Å². The van der Waals surface area contributed by atoms with Gasteiger partial charge in [-0.1, -0.05) is 47.5 Å². The highest BCUT2D eigenvalue weighted by Crippen LogP contribution is 2.41. The summed E-state index contributed by atoms with van der Waals surface area (Å²) in [5, 5.41) is 14.7. The molecule has 0 aliphatic rings. The van der Waals surface area contributed by atoms with Crippen LogP contribution >= 0.6 is 23.2 Å². The number of nitroso groups, excluding NO2 is 1. The summed E-state index contributed by atoms with van der Waals surface area (Å²) >= 11 is 12.2. The Balaban J connectivity index is 1.77. The minimum absolute atomic E-state index is 0.000442. The lowest BCUT2D eigenvalue weighted by Crippen LogP contribution is -2.04. The zero-order valence-corrected chi connectivity index (χ0v) is 14.1. The first-order valence-electron chi connectivity index (χ1n) is 7.34. The summed E-state index contributed by atoms with van der Waals surface area (Å²) in [6, 6.07) is 12.3. The summed E-state index contributed by atoms with van der Waals surface area (Å²) in [5.41, 5.74) is 0.587. The smallest absolute Gasteiger partial charge is 0.222 e. The van der Waals surface area contributed by atoms with E-state index >= 15 is 0 Å². The summed E-state index contributed by atoms with van der Waals surface area (Å²) in [6.45, 7) is 0.823. The SMILES string of the molecule is O=Nc1c(O)n(CCCOc2ccccc2Cl)c2c(Cl)cccc12. The molecule has 0 spiro atoms.